The molecule has 0 bridgehead atoms. The number of carbonyl (C=O) groups is 1. The lowest BCUT2D eigenvalue weighted by atomic mass is 10.3. The lowest BCUT2D eigenvalue weighted by molar-refractivity contribution is -0.123. The van der Waals surface area contributed by atoms with E-state index in [0.29, 0.717) is 18.0 Å². The third-order valence-corrected chi connectivity index (χ3v) is 7.81. The molecule has 1 N–H and O–H groups in total. The van der Waals surface area contributed by atoms with Crippen LogP contribution < -0.4 is 14.4 Å². The second-order valence-electron chi connectivity index (χ2n) is 7.04. The van der Waals surface area contributed by atoms with Gasteiger partial charge in [0.15, 0.2) is 6.61 Å². The summed E-state index contributed by atoms with van der Waals surface area (Å²) in [5, 5.41) is 8.94. The van der Waals surface area contributed by atoms with Gasteiger partial charge in [0.2, 0.25) is 0 Å². The van der Waals surface area contributed by atoms with E-state index in [-0.39, 0.29) is 16.7 Å². The molecule has 0 radical (unpaired) electrons. The molecule has 0 spiro atoms. The van der Waals surface area contributed by atoms with E-state index in [2.05, 4.69) is 10.4 Å². The number of sulfonamides is 1. The molecule has 0 saturated carbocycles. The summed E-state index contributed by atoms with van der Waals surface area (Å²) in [5.74, 6) is 0.276. The van der Waals surface area contributed by atoms with E-state index < -0.39 is 10.0 Å². The number of thiophene rings is 1. The molecule has 0 unspecified atom stereocenters. The molecule has 2 heterocycles. The van der Waals surface area contributed by atoms with Crippen LogP contribution in [0.1, 0.15) is 17.8 Å². The van der Waals surface area contributed by atoms with Crippen molar-refractivity contribution in [1.82, 2.24) is 15.1 Å². The minimum Gasteiger partial charge on any atom is -0.484 e. The van der Waals surface area contributed by atoms with E-state index in [0.717, 1.165) is 24.4 Å². The van der Waals surface area contributed by atoms with Crippen LogP contribution in [0.4, 0.5) is 5.69 Å². The number of amides is 1. The van der Waals surface area contributed by atoms with Crippen molar-refractivity contribution in [3.8, 4) is 5.75 Å². The largest absolute Gasteiger partial charge is 0.484 e. The molecule has 0 aliphatic rings. The van der Waals surface area contributed by atoms with Gasteiger partial charge in [0.05, 0.1) is 11.4 Å². The van der Waals surface area contributed by atoms with E-state index in [4.69, 9.17) is 4.74 Å². The van der Waals surface area contributed by atoms with Gasteiger partial charge in [0.1, 0.15) is 9.96 Å². The Morgan fingerprint density at radius 2 is 1.97 bits per heavy atom. The molecule has 31 heavy (non-hydrogen) atoms. The van der Waals surface area contributed by atoms with Gasteiger partial charge in [0, 0.05) is 25.8 Å². The van der Waals surface area contributed by atoms with E-state index in [1.165, 1.54) is 22.7 Å². The molecule has 0 fully saturated rings. The van der Waals surface area contributed by atoms with Crippen molar-refractivity contribution in [2.24, 2.45) is 0 Å². The van der Waals surface area contributed by atoms with Gasteiger partial charge in [-0.15, -0.1) is 11.3 Å². The quantitative estimate of drug-likeness (QED) is 0.468. The van der Waals surface area contributed by atoms with Gasteiger partial charge < -0.3 is 10.1 Å². The number of carbonyl (C=O) groups excluding carboxylic acids is 1. The highest BCUT2D eigenvalue weighted by Crippen LogP contribution is 2.26. The molecule has 3 rings (SSSR count). The Morgan fingerprint density at radius 3 is 2.58 bits per heavy atom. The van der Waals surface area contributed by atoms with Crippen LogP contribution in [0.5, 0.6) is 5.75 Å². The lowest BCUT2D eigenvalue weighted by Crippen LogP contribution is -2.30. The molecule has 0 aliphatic carbocycles. The smallest absolute Gasteiger partial charge is 0.273 e. The zero-order valence-electron chi connectivity index (χ0n) is 17.7. The molecular weight excluding hydrogens is 436 g/mol. The summed E-state index contributed by atoms with van der Waals surface area (Å²) in [6.45, 7) is 5.13. The summed E-state index contributed by atoms with van der Waals surface area (Å²) in [6.07, 6.45) is 0.771. The summed E-state index contributed by atoms with van der Waals surface area (Å²) >= 11 is 1.17. The van der Waals surface area contributed by atoms with Crippen LogP contribution in [0, 0.1) is 13.8 Å². The lowest BCUT2D eigenvalue weighted by Gasteiger charge is -2.18. The topological polar surface area (TPSA) is 93.5 Å². The molecule has 0 aliphatic heterocycles. The number of nitrogens with one attached hydrogen (secondary N) is 1. The SMILES string of the molecule is Cc1cc(C)n(CCCNC(=O)COc2ccc(N(C)S(=O)(=O)c3cccs3)cc2)n1. The van der Waals surface area contributed by atoms with Crippen molar-refractivity contribution < 1.29 is 17.9 Å². The van der Waals surface area contributed by atoms with Crippen LogP contribution in [-0.2, 0) is 21.4 Å². The molecule has 2 aromatic heterocycles. The summed E-state index contributed by atoms with van der Waals surface area (Å²) in [6, 6.07) is 11.9. The van der Waals surface area contributed by atoms with Gasteiger partial charge in [0.25, 0.3) is 15.9 Å². The predicted molar refractivity (Wildman–Crippen MR) is 121 cm³/mol. The maximum atomic E-state index is 12.6. The second-order valence-corrected chi connectivity index (χ2v) is 10.2. The van der Waals surface area contributed by atoms with E-state index >= 15 is 0 Å². The second kappa shape index (κ2) is 9.97. The normalized spacial score (nSPS) is 11.3. The zero-order chi connectivity index (χ0) is 22.4. The molecule has 0 atom stereocenters. The molecule has 10 heteroatoms. The summed E-state index contributed by atoms with van der Waals surface area (Å²) in [5.41, 5.74) is 2.59. The Labute approximate surface area is 186 Å². The highest BCUT2D eigenvalue weighted by molar-refractivity contribution is 7.94. The van der Waals surface area contributed by atoms with Crippen LogP contribution in [0.3, 0.4) is 0 Å². The van der Waals surface area contributed by atoms with Crippen LogP contribution in [0.25, 0.3) is 0 Å². The van der Waals surface area contributed by atoms with Gasteiger partial charge in [-0.1, -0.05) is 6.07 Å². The van der Waals surface area contributed by atoms with Crippen molar-refractivity contribution in [2.45, 2.75) is 31.0 Å². The number of ether oxygens (including phenoxy) is 1. The van der Waals surface area contributed by atoms with Crippen molar-refractivity contribution in [3.05, 3.63) is 59.2 Å². The minimum atomic E-state index is -3.58. The Hall–Kier alpha value is -2.85. The molecule has 0 saturated heterocycles. The number of anilines is 1. The number of rotatable bonds is 10. The summed E-state index contributed by atoms with van der Waals surface area (Å²) < 4.78 is 34.1. The van der Waals surface area contributed by atoms with Crippen molar-refractivity contribution in [3.63, 3.8) is 0 Å². The molecule has 1 aromatic carbocycles. The van der Waals surface area contributed by atoms with Gasteiger partial charge in [-0.2, -0.15) is 5.10 Å². The van der Waals surface area contributed by atoms with Gasteiger partial charge in [-0.3, -0.25) is 13.8 Å². The van der Waals surface area contributed by atoms with Crippen LogP contribution >= 0.6 is 11.3 Å². The number of hydrogen-bond acceptors (Lipinski definition) is 6. The van der Waals surface area contributed by atoms with Crippen molar-refractivity contribution in [2.75, 3.05) is 24.5 Å². The minimum absolute atomic E-state index is 0.109. The van der Waals surface area contributed by atoms with Gasteiger partial charge in [-0.05, 0) is 62.0 Å². The third-order valence-electron chi connectivity index (χ3n) is 4.65. The first-order valence-corrected chi connectivity index (χ1v) is 12.1. The highest BCUT2D eigenvalue weighted by atomic mass is 32.2. The van der Waals surface area contributed by atoms with E-state index in [1.807, 2.05) is 24.6 Å². The highest BCUT2D eigenvalue weighted by Gasteiger charge is 2.22. The van der Waals surface area contributed by atoms with E-state index in [9.17, 15) is 13.2 Å². The van der Waals surface area contributed by atoms with Crippen LogP contribution in [0.2, 0.25) is 0 Å². The summed E-state index contributed by atoms with van der Waals surface area (Å²) in [4.78, 5) is 12.0. The Morgan fingerprint density at radius 1 is 1.23 bits per heavy atom. The standard InChI is InChI=1S/C21H26N4O4S2/c1-16-14-17(2)25(23-16)12-5-11-22-20(26)15-29-19-9-7-18(8-10-19)24(3)31(27,28)21-6-4-13-30-21/h4,6-10,13-14H,5,11-12,15H2,1-3H3,(H,22,26). The average Bonchev–Trinajstić information content (AvgIpc) is 3.39. The van der Waals surface area contributed by atoms with Crippen LogP contribution in [-0.4, -0.2) is 44.3 Å². The number of hydrogen-bond donors (Lipinski definition) is 1. The summed E-state index contributed by atoms with van der Waals surface area (Å²) in [7, 11) is -2.08. The number of aryl methyl sites for hydroxylation is 3. The molecular formula is C21H26N4O4S2. The van der Waals surface area contributed by atoms with Crippen molar-refractivity contribution >= 4 is 33.0 Å². The fraction of sp³-hybridized carbons (Fsp3) is 0.333. The first kappa shape index (κ1) is 22.8. The predicted octanol–water partition coefficient (Wildman–Crippen LogP) is 2.97. The molecule has 3 aromatic rings. The van der Waals surface area contributed by atoms with Gasteiger partial charge >= 0.3 is 0 Å². The fourth-order valence-corrected chi connectivity index (χ4v) is 5.35. The molecule has 1 amide bonds. The van der Waals surface area contributed by atoms with Crippen molar-refractivity contribution in [1.29, 1.82) is 0 Å². The number of benzene rings is 1. The molecule has 8 nitrogen and oxygen atoms in total. The number of nitrogens with zero attached hydrogens (tertiary/aromatic N) is 3. The van der Waals surface area contributed by atoms with Crippen LogP contribution in [0.15, 0.2) is 52.1 Å². The first-order valence-electron chi connectivity index (χ1n) is 9.80. The maximum Gasteiger partial charge on any atom is 0.273 e. The Kier molecular flexibility index (Phi) is 7.34. The molecule has 166 valence electrons. The number of aromatic nitrogens is 2. The first-order chi connectivity index (χ1) is 14.8. The maximum absolute atomic E-state index is 12.6. The van der Waals surface area contributed by atoms with E-state index in [1.54, 1.807) is 41.8 Å². The Balaban J connectivity index is 1.43. The Bertz CT molecular complexity index is 1110. The zero-order valence-corrected chi connectivity index (χ0v) is 19.4. The van der Waals surface area contributed by atoms with Gasteiger partial charge in [-0.25, -0.2) is 8.42 Å². The third kappa shape index (κ3) is 5.86. The average molecular weight is 463 g/mol. The monoisotopic (exact) mass is 462 g/mol. The fourth-order valence-electron chi connectivity index (χ4n) is 2.99.